The molecule has 0 saturated carbocycles. The highest BCUT2D eigenvalue weighted by atomic mass is 32.1. The van der Waals surface area contributed by atoms with Gasteiger partial charge in [0.1, 0.15) is 11.6 Å². The molecule has 8 nitrogen and oxygen atoms in total. The fraction of sp³-hybridized carbons (Fsp3) is 0.364. The number of carbonyl (C=O) groups is 3. The number of nitriles is 1. The molecular weight excluding hydrogens is 416 g/mol. The van der Waals surface area contributed by atoms with Crippen LogP contribution >= 0.6 is 11.3 Å². The normalized spacial score (nSPS) is 11.0. The summed E-state index contributed by atoms with van der Waals surface area (Å²) in [7, 11) is 0. The maximum atomic E-state index is 12.2. The fourth-order valence-corrected chi connectivity index (χ4v) is 3.71. The number of urea groups is 1. The second-order valence-electron chi connectivity index (χ2n) is 6.86. The van der Waals surface area contributed by atoms with Gasteiger partial charge in [0.2, 0.25) is 0 Å². The molecule has 0 aliphatic heterocycles. The Hall–Kier alpha value is -3.38. The Balaban J connectivity index is 1.85. The number of hydrogen-bond acceptors (Lipinski definition) is 6. The van der Waals surface area contributed by atoms with E-state index in [1.54, 1.807) is 11.3 Å². The zero-order chi connectivity index (χ0) is 22.8. The third-order valence-electron chi connectivity index (χ3n) is 4.52. The average molecular weight is 443 g/mol. The van der Waals surface area contributed by atoms with Crippen LogP contribution in [0.2, 0.25) is 0 Å². The molecule has 0 fully saturated rings. The largest absolute Gasteiger partial charge is 0.451 e. The third-order valence-corrected chi connectivity index (χ3v) is 5.46. The van der Waals surface area contributed by atoms with Crippen molar-refractivity contribution in [2.24, 2.45) is 0 Å². The average Bonchev–Trinajstić information content (AvgIpc) is 3.34. The van der Waals surface area contributed by atoms with Crippen LogP contribution in [0.5, 0.6) is 0 Å². The first kappa shape index (κ1) is 23.9. The van der Waals surface area contributed by atoms with Crippen molar-refractivity contribution in [2.75, 3.05) is 13.2 Å². The van der Waals surface area contributed by atoms with Gasteiger partial charge in [-0.2, -0.15) is 5.26 Å². The van der Waals surface area contributed by atoms with Crippen LogP contribution < -0.4 is 10.6 Å². The SMILES string of the molecule is CCCn1c(C)cc(/C=C(\C#N)C(=O)OCC(=O)NC(=O)NCCc2cccs2)c1C. The standard InChI is InChI=1S/C22H26N4O4S/c1-4-9-26-15(2)11-17(16(26)3)12-18(13-23)21(28)30-14-20(27)25-22(29)24-8-7-19-6-5-10-31-19/h5-6,10-12H,4,7-9,14H2,1-3H3,(H2,24,25,27,29)/b18-12+. The van der Waals surface area contributed by atoms with Gasteiger partial charge in [0.15, 0.2) is 6.61 Å². The highest BCUT2D eigenvalue weighted by molar-refractivity contribution is 7.09. The van der Waals surface area contributed by atoms with Gasteiger partial charge in [0, 0.05) is 29.4 Å². The van der Waals surface area contributed by atoms with Gasteiger partial charge in [-0.05, 0) is 55.8 Å². The van der Waals surface area contributed by atoms with Crippen LogP contribution in [0.15, 0.2) is 29.2 Å². The number of aryl methyl sites for hydroxylation is 1. The molecule has 0 radical (unpaired) electrons. The minimum Gasteiger partial charge on any atom is -0.451 e. The van der Waals surface area contributed by atoms with Crippen molar-refractivity contribution >= 4 is 35.3 Å². The van der Waals surface area contributed by atoms with E-state index < -0.39 is 24.5 Å². The van der Waals surface area contributed by atoms with E-state index in [9.17, 15) is 19.6 Å². The molecule has 2 rings (SSSR count). The molecule has 3 amide bonds. The number of esters is 1. The van der Waals surface area contributed by atoms with Gasteiger partial charge < -0.3 is 14.6 Å². The molecule has 0 aliphatic carbocycles. The second kappa shape index (κ2) is 11.7. The van der Waals surface area contributed by atoms with E-state index in [-0.39, 0.29) is 5.57 Å². The number of imide groups is 1. The maximum Gasteiger partial charge on any atom is 0.349 e. The molecule has 2 aromatic rings. The summed E-state index contributed by atoms with van der Waals surface area (Å²) in [4.78, 5) is 36.9. The molecule has 2 N–H and O–H groups in total. The van der Waals surface area contributed by atoms with Crippen LogP contribution in [0, 0.1) is 25.2 Å². The minimum atomic E-state index is -0.920. The van der Waals surface area contributed by atoms with Crippen molar-refractivity contribution < 1.29 is 19.1 Å². The predicted molar refractivity (Wildman–Crippen MR) is 118 cm³/mol. The number of aromatic nitrogens is 1. The van der Waals surface area contributed by atoms with Crippen molar-refractivity contribution in [3.05, 3.63) is 51.0 Å². The lowest BCUT2D eigenvalue weighted by Crippen LogP contribution is -2.42. The summed E-state index contributed by atoms with van der Waals surface area (Å²) in [5.74, 6) is -1.70. The summed E-state index contributed by atoms with van der Waals surface area (Å²) < 4.78 is 7.00. The van der Waals surface area contributed by atoms with Crippen LogP contribution in [-0.2, 0) is 27.3 Å². The summed E-state index contributed by atoms with van der Waals surface area (Å²) in [6, 6.07) is 6.91. The molecule has 0 unspecified atom stereocenters. The number of carbonyl (C=O) groups excluding carboxylic acids is 3. The molecule has 0 bridgehead atoms. The third kappa shape index (κ3) is 7.12. The molecule has 9 heteroatoms. The van der Waals surface area contributed by atoms with Gasteiger partial charge in [-0.3, -0.25) is 10.1 Å². The Labute approximate surface area is 185 Å². The molecule has 0 atom stereocenters. The van der Waals surface area contributed by atoms with E-state index in [4.69, 9.17) is 4.74 Å². The lowest BCUT2D eigenvalue weighted by atomic mass is 10.1. The van der Waals surface area contributed by atoms with Crippen molar-refractivity contribution in [2.45, 2.75) is 40.2 Å². The van der Waals surface area contributed by atoms with E-state index >= 15 is 0 Å². The number of rotatable bonds is 9. The van der Waals surface area contributed by atoms with Crippen LogP contribution in [-0.4, -0.2) is 35.6 Å². The number of nitrogens with one attached hydrogen (secondary N) is 2. The summed E-state index contributed by atoms with van der Waals surface area (Å²) in [5, 5.41) is 15.9. The topological polar surface area (TPSA) is 113 Å². The summed E-state index contributed by atoms with van der Waals surface area (Å²) in [6.07, 6.45) is 3.07. The van der Waals surface area contributed by atoms with Crippen LogP contribution in [0.1, 0.15) is 35.2 Å². The van der Waals surface area contributed by atoms with Gasteiger partial charge in [0.25, 0.3) is 5.91 Å². The van der Waals surface area contributed by atoms with Gasteiger partial charge >= 0.3 is 12.0 Å². The summed E-state index contributed by atoms with van der Waals surface area (Å²) in [5.41, 5.74) is 2.50. The summed E-state index contributed by atoms with van der Waals surface area (Å²) in [6.45, 7) is 6.50. The van der Waals surface area contributed by atoms with Crippen molar-refractivity contribution in [3.63, 3.8) is 0 Å². The number of hydrogen-bond donors (Lipinski definition) is 2. The Morgan fingerprint density at radius 1 is 1.32 bits per heavy atom. The zero-order valence-electron chi connectivity index (χ0n) is 17.9. The van der Waals surface area contributed by atoms with Gasteiger partial charge in [-0.15, -0.1) is 11.3 Å². The number of ether oxygens (including phenoxy) is 1. The predicted octanol–water partition coefficient (Wildman–Crippen LogP) is 3.10. The Kier molecular flexibility index (Phi) is 9.03. The first-order valence-electron chi connectivity index (χ1n) is 9.91. The van der Waals surface area contributed by atoms with Crippen LogP contribution in [0.4, 0.5) is 4.79 Å². The minimum absolute atomic E-state index is 0.218. The van der Waals surface area contributed by atoms with Gasteiger partial charge in [0.05, 0.1) is 0 Å². The van der Waals surface area contributed by atoms with E-state index in [2.05, 4.69) is 22.1 Å². The van der Waals surface area contributed by atoms with Crippen LogP contribution in [0.25, 0.3) is 6.08 Å². The molecule has 0 aromatic carbocycles. The Morgan fingerprint density at radius 3 is 2.74 bits per heavy atom. The lowest BCUT2D eigenvalue weighted by Gasteiger charge is -2.07. The van der Waals surface area contributed by atoms with Crippen molar-refractivity contribution in [1.82, 2.24) is 15.2 Å². The highest BCUT2D eigenvalue weighted by Crippen LogP contribution is 2.19. The first-order chi connectivity index (χ1) is 14.8. The number of nitrogens with zero attached hydrogens (tertiary/aromatic N) is 2. The highest BCUT2D eigenvalue weighted by Gasteiger charge is 2.16. The molecule has 0 aliphatic rings. The van der Waals surface area contributed by atoms with Crippen molar-refractivity contribution in [1.29, 1.82) is 5.26 Å². The zero-order valence-corrected chi connectivity index (χ0v) is 18.7. The first-order valence-corrected chi connectivity index (χ1v) is 10.8. The Bertz CT molecular complexity index is 1000. The van der Waals surface area contributed by atoms with Crippen molar-refractivity contribution in [3.8, 4) is 6.07 Å². The fourth-order valence-electron chi connectivity index (χ4n) is 3.00. The smallest absolute Gasteiger partial charge is 0.349 e. The quantitative estimate of drug-likeness (QED) is 0.352. The van der Waals surface area contributed by atoms with Crippen LogP contribution in [0.3, 0.4) is 0 Å². The van der Waals surface area contributed by atoms with E-state index in [1.165, 1.54) is 6.08 Å². The van der Waals surface area contributed by atoms with Gasteiger partial charge in [-0.25, -0.2) is 9.59 Å². The number of amides is 3. The second-order valence-corrected chi connectivity index (χ2v) is 7.89. The molecule has 31 heavy (non-hydrogen) atoms. The molecule has 0 spiro atoms. The maximum absolute atomic E-state index is 12.2. The van der Waals surface area contributed by atoms with Gasteiger partial charge in [-0.1, -0.05) is 13.0 Å². The Morgan fingerprint density at radius 2 is 2.10 bits per heavy atom. The molecular formula is C22H26N4O4S. The monoisotopic (exact) mass is 442 g/mol. The van der Waals surface area contributed by atoms with E-state index in [0.717, 1.165) is 34.8 Å². The molecule has 164 valence electrons. The molecule has 2 heterocycles. The lowest BCUT2D eigenvalue weighted by molar-refractivity contribution is -0.144. The molecule has 2 aromatic heterocycles. The summed E-state index contributed by atoms with van der Waals surface area (Å²) >= 11 is 1.58. The van der Waals surface area contributed by atoms with E-state index in [1.807, 2.05) is 43.5 Å². The molecule has 0 saturated heterocycles. The number of thiophene rings is 1. The van der Waals surface area contributed by atoms with E-state index in [0.29, 0.717) is 13.0 Å².